The van der Waals surface area contributed by atoms with Gasteiger partial charge in [0, 0.05) is 32.8 Å². The molecular weight excluding hydrogens is 290 g/mol. The largest absolute Gasteiger partial charge is 0.379 e. The fraction of sp³-hybridized carbons (Fsp3) is 0.533. The van der Waals surface area contributed by atoms with Crippen molar-refractivity contribution in [2.75, 3.05) is 44.3 Å². The molecule has 5 nitrogen and oxygen atoms in total. The van der Waals surface area contributed by atoms with Crippen LogP contribution in [0.25, 0.3) is 0 Å². The number of carbonyl (C=O) groups excluding carboxylic acids is 1. The number of halogens is 1. The lowest BCUT2D eigenvalue weighted by Gasteiger charge is -2.36. The molecule has 0 saturated carbocycles. The number of rotatable bonds is 2. The summed E-state index contributed by atoms with van der Waals surface area (Å²) in [6.45, 7) is 4.41. The van der Waals surface area contributed by atoms with Gasteiger partial charge in [0.2, 0.25) is 0 Å². The molecule has 1 aromatic carbocycles. The Balaban J connectivity index is 1.52. The van der Waals surface area contributed by atoms with Crippen molar-refractivity contribution in [3.05, 3.63) is 29.3 Å². The number of amides is 2. The maximum atomic E-state index is 12.2. The van der Waals surface area contributed by atoms with Gasteiger partial charge in [0.15, 0.2) is 0 Å². The second-order valence-electron chi connectivity index (χ2n) is 5.44. The van der Waals surface area contributed by atoms with Crippen LogP contribution in [0.3, 0.4) is 0 Å². The van der Waals surface area contributed by atoms with Gasteiger partial charge in [0.05, 0.1) is 23.4 Å². The van der Waals surface area contributed by atoms with Crippen LogP contribution in [0.2, 0.25) is 5.02 Å². The molecule has 2 saturated heterocycles. The minimum absolute atomic E-state index is 0.0179. The molecular formula is C15H20ClN3O2. The van der Waals surface area contributed by atoms with E-state index in [1.807, 2.05) is 29.2 Å². The minimum Gasteiger partial charge on any atom is -0.379 e. The molecule has 2 aliphatic heterocycles. The van der Waals surface area contributed by atoms with Gasteiger partial charge in [-0.15, -0.1) is 0 Å². The van der Waals surface area contributed by atoms with Crippen molar-refractivity contribution in [3.8, 4) is 0 Å². The Kier molecular flexibility index (Phi) is 4.51. The molecule has 114 valence electrons. The number of para-hydroxylation sites is 1. The van der Waals surface area contributed by atoms with E-state index in [0.717, 1.165) is 36.8 Å². The second-order valence-corrected chi connectivity index (χ2v) is 5.84. The van der Waals surface area contributed by atoms with E-state index in [1.165, 1.54) is 0 Å². The Hall–Kier alpha value is -1.46. The Bertz CT molecular complexity index is 497. The van der Waals surface area contributed by atoms with Gasteiger partial charge in [0.1, 0.15) is 0 Å². The lowest BCUT2D eigenvalue weighted by atomic mass is 10.2. The van der Waals surface area contributed by atoms with Crippen LogP contribution in [0.5, 0.6) is 0 Å². The Morgan fingerprint density at radius 3 is 2.67 bits per heavy atom. The van der Waals surface area contributed by atoms with E-state index < -0.39 is 0 Å². The monoisotopic (exact) mass is 309 g/mol. The van der Waals surface area contributed by atoms with E-state index in [0.29, 0.717) is 19.7 Å². The fourth-order valence-corrected chi connectivity index (χ4v) is 3.03. The first-order valence-electron chi connectivity index (χ1n) is 7.37. The van der Waals surface area contributed by atoms with Gasteiger partial charge in [0.25, 0.3) is 0 Å². The Morgan fingerprint density at radius 2 is 2.00 bits per heavy atom. The summed E-state index contributed by atoms with van der Waals surface area (Å²) in [6, 6.07) is 8.02. The molecule has 6 heteroatoms. The zero-order chi connectivity index (χ0) is 14.7. The number of carbonyl (C=O) groups is 1. The molecule has 0 spiro atoms. The molecule has 2 fully saturated rings. The smallest absolute Gasteiger partial charge is 0.317 e. The third kappa shape index (κ3) is 3.41. The van der Waals surface area contributed by atoms with E-state index in [4.69, 9.17) is 16.3 Å². The first-order valence-corrected chi connectivity index (χ1v) is 7.74. The van der Waals surface area contributed by atoms with Crippen molar-refractivity contribution < 1.29 is 9.53 Å². The Morgan fingerprint density at radius 1 is 1.24 bits per heavy atom. The number of hydrogen-bond acceptors (Lipinski definition) is 3. The van der Waals surface area contributed by atoms with Gasteiger partial charge in [-0.25, -0.2) is 4.79 Å². The number of benzene rings is 1. The highest BCUT2D eigenvalue weighted by Crippen LogP contribution is 2.26. The molecule has 3 rings (SSSR count). The highest BCUT2D eigenvalue weighted by molar-refractivity contribution is 6.33. The molecule has 1 atom stereocenters. The van der Waals surface area contributed by atoms with E-state index in [1.54, 1.807) is 0 Å². The van der Waals surface area contributed by atoms with Crippen molar-refractivity contribution in [3.63, 3.8) is 0 Å². The summed E-state index contributed by atoms with van der Waals surface area (Å²) in [5.41, 5.74) is 1.04. The zero-order valence-electron chi connectivity index (χ0n) is 11.9. The van der Waals surface area contributed by atoms with Gasteiger partial charge >= 0.3 is 6.03 Å². The average Bonchev–Trinajstić information content (AvgIpc) is 3.01. The molecule has 0 aliphatic carbocycles. The van der Waals surface area contributed by atoms with Crippen LogP contribution < -0.4 is 10.2 Å². The number of ether oxygens (including phenoxy) is 1. The first-order chi connectivity index (χ1) is 10.2. The standard InChI is InChI=1S/C15H20ClN3O2/c16-13-3-1-2-4-14(13)18-6-8-19(9-7-18)15(20)17-12-5-10-21-11-12/h1-4,12H,5-11H2,(H,17,20). The summed E-state index contributed by atoms with van der Waals surface area (Å²) in [7, 11) is 0. The summed E-state index contributed by atoms with van der Waals surface area (Å²) in [4.78, 5) is 16.3. The maximum absolute atomic E-state index is 12.2. The average molecular weight is 310 g/mol. The number of urea groups is 1. The van der Waals surface area contributed by atoms with E-state index in [9.17, 15) is 4.79 Å². The SMILES string of the molecule is O=C(NC1CCOC1)N1CCN(c2ccccc2Cl)CC1. The number of nitrogens with one attached hydrogen (secondary N) is 1. The second kappa shape index (κ2) is 6.54. The molecule has 2 amide bonds. The molecule has 0 radical (unpaired) electrons. The molecule has 0 aromatic heterocycles. The quantitative estimate of drug-likeness (QED) is 0.908. The van der Waals surface area contributed by atoms with Crippen molar-refractivity contribution in [1.82, 2.24) is 10.2 Å². The van der Waals surface area contributed by atoms with Crippen LogP contribution in [0.15, 0.2) is 24.3 Å². The van der Waals surface area contributed by atoms with Gasteiger partial charge in [-0.2, -0.15) is 0 Å². The summed E-state index contributed by atoms with van der Waals surface area (Å²) in [5, 5.41) is 3.79. The molecule has 1 unspecified atom stereocenters. The van der Waals surface area contributed by atoms with Gasteiger partial charge in [-0.3, -0.25) is 0 Å². The normalized spacial score (nSPS) is 22.4. The van der Waals surface area contributed by atoms with Crippen LogP contribution in [-0.2, 0) is 4.74 Å². The van der Waals surface area contributed by atoms with Crippen LogP contribution in [-0.4, -0.2) is 56.4 Å². The highest BCUT2D eigenvalue weighted by Gasteiger charge is 2.25. The predicted molar refractivity (Wildman–Crippen MR) is 83.0 cm³/mol. The number of piperazine rings is 1. The molecule has 2 aliphatic rings. The number of nitrogens with zero attached hydrogens (tertiary/aromatic N) is 2. The predicted octanol–water partition coefficient (Wildman–Crippen LogP) is 1.96. The van der Waals surface area contributed by atoms with Crippen molar-refractivity contribution in [2.45, 2.75) is 12.5 Å². The lowest BCUT2D eigenvalue weighted by Crippen LogP contribution is -2.53. The van der Waals surface area contributed by atoms with Crippen molar-refractivity contribution in [1.29, 1.82) is 0 Å². The van der Waals surface area contributed by atoms with Crippen LogP contribution >= 0.6 is 11.6 Å². The minimum atomic E-state index is 0.0179. The van der Waals surface area contributed by atoms with Gasteiger partial charge in [-0.05, 0) is 18.6 Å². The topological polar surface area (TPSA) is 44.8 Å². The summed E-state index contributed by atoms with van der Waals surface area (Å²) in [6.07, 6.45) is 0.908. The van der Waals surface area contributed by atoms with Crippen molar-refractivity contribution in [2.24, 2.45) is 0 Å². The van der Waals surface area contributed by atoms with Crippen LogP contribution in [0.1, 0.15) is 6.42 Å². The fourth-order valence-electron chi connectivity index (χ4n) is 2.77. The summed E-state index contributed by atoms with van der Waals surface area (Å²) >= 11 is 6.22. The highest BCUT2D eigenvalue weighted by atomic mass is 35.5. The van der Waals surface area contributed by atoms with Gasteiger partial charge < -0.3 is 19.9 Å². The van der Waals surface area contributed by atoms with Crippen LogP contribution in [0.4, 0.5) is 10.5 Å². The van der Waals surface area contributed by atoms with Crippen LogP contribution in [0, 0.1) is 0 Å². The first kappa shape index (κ1) is 14.5. The number of anilines is 1. The molecule has 2 heterocycles. The summed E-state index contributed by atoms with van der Waals surface area (Å²) in [5.74, 6) is 0. The van der Waals surface area contributed by atoms with Crippen molar-refractivity contribution >= 4 is 23.3 Å². The third-order valence-electron chi connectivity index (χ3n) is 4.02. The number of hydrogen-bond donors (Lipinski definition) is 1. The Labute approximate surface area is 129 Å². The van der Waals surface area contributed by atoms with Gasteiger partial charge in [-0.1, -0.05) is 23.7 Å². The lowest BCUT2D eigenvalue weighted by molar-refractivity contribution is 0.176. The zero-order valence-corrected chi connectivity index (χ0v) is 12.7. The third-order valence-corrected chi connectivity index (χ3v) is 4.34. The molecule has 1 N–H and O–H groups in total. The molecule has 21 heavy (non-hydrogen) atoms. The van der Waals surface area contributed by atoms with E-state index in [-0.39, 0.29) is 12.1 Å². The molecule has 0 bridgehead atoms. The van der Waals surface area contributed by atoms with E-state index in [2.05, 4.69) is 10.2 Å². The maximum Gasteiger partial charge on any atom is 0.317 e. The molecule has 1 aromatic rings. The van der Waals surface area contributed by atoms with E-state index >= 15 is 0 Å². The summed E-state index contributed by atoms with van der Waals surface area (Å²) < 4.78 is 5.28.